The second kappa shape index (κ2) is 15.4. The number of hydrogen-bond donors (Lipinski definition) is 1. The summed E-state index contributed by atoms with van der Waals surface area (Å²) in [5, 5.41) is 1.85. The van der Waals surface area contributed by atoms with Gasteiger partial charge < -0.3 is 29.0 Å². The zero-order chi connectivity index (χ0) is 31.7. The van der Waals surface area contributed by atoms with E-state index in [1.807, 2.05) is 24.3 Å². The molecule has 0 aliphatic carbocycles. The first-order chi connectivity index (χ1) is 20.4. The third kappa shape index (κ3) is 9.98. The number of nitrogens with one attached hydrogen (secondary N) is 1. The molecular formula is C30H36N2O10S. The third-order valence-electron chi connectivity index (χ3n) is 6.24. The summed E-state index contributed by atoms with van der Waals surface area (Å²) in [5.74, 6) is -2.68. The van der Waals surface area contributed by atoms with Gasteiger partial charge in [0.1, 0.15) is 12.4 Å². The van der Waals surface area contributed by atoms with Crippen molar-refractivity contribution in [3.8, 4) is 5.88 Å². The Bertz CT molecular complexity index is 1330. The Labute approximate surface area is 254 Å². The number of aryl methyl sites for hydroxylation is 1. The Morgan fingerprint density at radius 3 is 1.91 bits per heavy atom. The molecule has 13 heteroatoms. The molecule has 0 spiro atoms. The number of benzene rings is 1. The number of anilines is 1. The molecule has 3 rings (SSSR count). The molecule has 43 heavy (non-hydrogen) atoms. The molecule has 1 aliphatic rings. The van der Waals surface area contributed by atoms with Gasteiger partial charge in [-0.25, -0.2) is 0 Å². The number of nitrogens with zero attached hydrogens (tertiary/aromatic N) is 1. The summed E-state index contributed by atoms with van der Waals surface area (Å²) in [5.41, 5.74) is 1.74. The van der Waals surface area contributed by atoms with Crippen LogP contribution in [0.15, 0.2) is 36.4 Å². The van der Waals surface area contributed by atoms with Crippen molar-refractivity contribution >= 4 is 47.4 Å². The van der Waals surface area contributed by atoms with Crippen LogP contribution >= 0.6 is 11.8 Å². The lowest BCUT2D eigenvalue weighted by atomic mass is 10.0. The Kier molecular flexibility index (Phi) is 11.9. The number of carbonyl (C=O) groups excluding carboxylic acids is 5. The lowest BCUT2D eigenvalue weighted by Gasteiger charge is -2.43. The maximum atomic E-state index is 12.2. The van der Waals surface area contributed by atoms with Crippen LogP contribution in [0.3, 0.4) is 0 Å². The maximum absolute atomic E-state index is 12.2. The Hall–Kier alpha value is -4.13. The molecule has 5 atom stereocenters. The van der Waals surface area contributed by atoms with E-state index in [9.17, 15) is 24.0 Å². The van der Waals surface area contributed by atoms with Gasteiger partial charge in [-0.05, 0) is 29.7 Å². The molecule has 2 aromatic rings. The predicted molar refractivity (Wildman–Crippen MR) is 156 cm³/mol. The van der Waals surface area contributed by atoms with Crippen LogP contribution in [-0.4, -0.2) is 70.4 Å². The Balaban J connectivity index is 2.07. The van der Waals surface area contributed by atoms with E-state index in [0.717, 1.165) is 30.7 Å². The minimum atomic E-state index is -1.30. The van der Waals surface area contributed by atoms with E-state index >= 15 is 0 Å². The number of pyridine rings is 1. The molecule has 1 amide bonds. The second-order valence-electron chi connectivity index (χ2n) is 9.87. The van der Waals surface area contributed by atoms with Crippen LogP contribution in [0.5, 0.6) is 5.88 Å². The first-order valence-corrected chi connectivity index (χ1v) is 14.6. The van der Waals surface area contributed by atoms with Crippen molar-refractivity contribution in [3.05, 3.63) is 53.1 Å². The van der Waals surface area contributed by atoms with Gasteiger partial charge in [-0.15, -0.1) is 11.8 Å². The SMILES string of the molecule is CCc1ccc(Cc2ccc(NC(C)=O)nc2O[C@@H]2S[C@H](COC(C)=O)[C@@H](OC(C)=O)[C@H](OC(C)=O)[C@H]2OC(C)=O)cc1. The molecule has 0 saturated carbocycles. The van der Waals surface area contributed by atoms with E-state index < -0.39 is 52.9 Å². The smallest absolute Gasteiger partial charge is 0.303 e. The number of carbonyl (C=O) groups is 5. The van der Waals surface area contributed by atoms with Crippen LogP contribution in [0.4, 0.5) is 5.82 Å². The van der Waals surface area contributed by atoms with Gasteiger partial charge >= 0.3 is 23.9 Å². The molecule has 0 radical (unpaired) electrons. The highest BCUT2D eigenvalue weighted by Gasteiger charge is 2.53. The van der Waals surface area contributed by atoms with Gasteiger partial charge in [-0.1, -0.05) is 31.2 Å². The fourth-order valence-corrected chi connectivity index (χ4v) is 5.83. The number of aromatic nitrogens is 1. The molecule has 232 valence electrons. The summed E-state index contributed by atoms with van der Waals surface area (Å²) in [4.78, 5) is 64.4. The molecule has 1 fully saturated rings. The van der Waals surface area contributed by atoms with Gasteiger partial charge in [0.05, 0.1) is 5.25 Å². The molecule has 1 aliphatic heterocycles. The van der Waals surface area contributed by atoms with Crippen molar-refractivity contribution in [1.82, 2.24) is 4.98 Å². The van der Waals surface area contributed by atoms with Crippen LogP contribution in [0.25, 0.3) is 0 Å². The fourth-order valence-electron chi connectivity index (χ4n) is 4.46. The van der Waals surface area contributed by atoms with Crippen LogP contribution in [0, 0.1) is 0 Å². The quantitative estimate of drug-likeness (QED) is 0.290. The minimum absolute atomic E-state index is 0.124. The van der Waals surface area contributed by atoms with Gasteiger partial charge in [-0.2, -0.15) is 4.98 Å². The topological polar surface area (TPSA) is 156 Å². The zero-order valence-corrected chi connectivity index (χ0v) is 25.7. The normalized spacial score (nSPS) is 21.2. The van der Waals surface area contributed by atoms with E-state index in [-0.39, 0.29) is 24.2 Å². The molecule has 1 saturated heterocycles. The van der Waals surface area contributed by atoms with Gasteiger partial charge in [0, 0.05) is 46.6 Å². The lowest BCUT2D eigenvalue weighted by Crippen LogP contribution is -2.59. The van der Waals surface area contributed by atoms with Crippen molar-refractivity contribution in [2.24, 2.45) is 0 Å². The lowest BCUT2D eigenvalue weighted by molar-refractivity contribution is -0.190. The summed E-state index contributed by atoms with van der Waals surface area (Å²) in [6.07, 6.45) is -2.40. The number of ether oxygens (including phenoxy) is 5. The summed E-state index contributed by atoms with van der Waals surface area (Å²) < 4.78 is 28.3. The van der Waals surface area contributed by atoms with Crippen LogP contribution in [-0.2, 0) is 55.8 Å². The number of thioether (sulfide) groups is 1. The predicted octanol–water partition coefficient (Wildman–Crippen LogP) is 3.37. The van der Waals surface area contributed by atoms with Crippen LogP contribution in [0.2, 0.25) is 0 Å². The summed E-state index contributed by atoms with van der Waals surface area (Å²) in [6, 6.07) is 11.5. The van der Waals surface area contributed by atoms with E-state index in [0.29, 0.717) is 12.0 Å². The van der Waals surface area contributed by atoms with Gasteiger partial charge in [0.25, 0.3) is 0 Å². The van der Waals surface area contributed by atoms with E-state index in [1.54, 1.807) is 12.1 Å². The monoisotopic (exact) mass is 616 g/mol. The number of rotatable bonds is 11. The molecule has 1 aromatic heterocycles. The Morgan fingerprint density at radius 1 is 0.767 bits per heavy atom. The molecule has 12 nitrogen and oxygen atoms in total. The standard InChI is InChI=1S/C30H36N2O10S/c1-7-21-8-10-22(11-9-21)14-23-12-13-25(31-16(2)33)32-29(23)42-30-28(41-20(6)37)27(40-19(5)36)26(39-18(4)35)24(43-30)15-38-17(3)34/h8-13,24,26-28,30H,7,14-15H2,1-6H3,(H,31,32,33)/t24-,26-,27+,28-,30-/m1/s1. The van der Waals surface area contributed by atoms with E-state index in [4.69, 9.17) is 23.7 Å². The number of hydrogen-bond acceptors (Lipinski definition) is 12. The third-order valence-corrected chi connectivity index (χ3v) is 7.63. The minimum Gasteiger partial charge on any atom is -0.465 e. The molecule has 0 bridgehead atoms. The first-order valence-electron chi connectivity index (χ1n) is 13.7. The highest BCUT2D eigenvalue weighted by Crippen LogP contribution is 2.40. The van der Waals surface area contributed by atoms with E-state index in [2.05, 4.69) is 17.2 Å². The van der Waals surface area contributed by atoms with Gasteiger partial charge in [0.15, 0.2) is 23.7 Å². The summed E-state index contributed by atoms with van der Waals surface area (Å²) >= 11 is 1.07. The number of esters is 4. The van der Waals surface area contributed by atoms with Crippen LogP contribution in [0.1, 0.15) is 58.2 Å². The average Bonchev–Trinajstić information content (AvgIpc) is 2.91. The second-order valence-corrected chi connectivity index (χ2v) is 11.2. The fraction of sp³-hybridized carbons (Fsp3) is 0.467. The van der Waals surface area contributed by atoms with Crippen molar-refractivity contribution in [3.63, 3.8) is 0 Å². The van der Waals surface area contributed by atoms with Crippen molar-refractivity contribution in [2.75, 3.05) is 11.9 Å². The van der Waals surface area contributed by atoms with Gasteiger partial charge in [0.2, 0.25) is 11.8 Å². The molecule has 2 heterocycles. The molecule has 1 aromatic carbocycles. The molecular weight excluding hydrogens is 580 g/mol. The van der Waals surface area contributed by atoms with E-state index in [1.165, 1.54) is 33.3 Å². The van der Waals surface area contributed by atoms with Crippen molar-refractivity contribution in [2.45, 2.75) is 83.4 Å². The first kappa shape index (κ1) is 33.4. The molecule has 0 unspecified atom stereocenters. The Morgan fingerprint density at radius 2 is 1.35 bits per heavy atom. The van der Waals surface area contributed by atoms with Crippen molar-refractivity contribution in [1.29, 1.82) is 0 Å². The zero-order valence-electron chi connectivity index (χ0n) is 24.9. The number of amides is 1. The van der Waals surface area contributed by atoms with Crippen LogP contribution < -0.4 is 10.1 Å². The van der Waals surface area contributed by atoms with Crippen molar-refractivity contribution < 1.29 is 47.7 Å². The molecule has 1 N–H and O–H groups in total. The highest BCUT2D eigenvalue weighted by molar-refractivity contribution is 8.00. The largest absolute Gasteiger partial charge is 0.465 e. The highest BCUT2D eigenvalue weighted by atomic mass is 32.2. The summed E-state index contributed by atoms with van der Waals surface area (Å²) in [6.45, 7) is 7.93. The maximum Gasteiger partial charge on any atom is 0.303 e. The average molecular weight is 617 g/mol. The van der Waals surface area contributed by atoms with Gasteiger partial charge in [-0.3, -0.25) is 24.0 Å². The summed E-state index contributed by atoms with van der Waals surface area (Å²) in [7, 11) is 0.